The van der Waals surface area contributed by atoms with E-state index < -0.39 is 0 Å². The summed E-state index contributed by atoms with van der Waals surface area (Å²) in [5.74, 6) is 1.30. The summed E-state index contributed by atoms with van der Waals surface area (Å²) in [5.41, 5.74) is 2.17. The highest BCUT2D eigenvalue weighted by atomic mass is 16.6. The van der Waals surface area contributed by atoms with Crippen molar-refractivity contribution < 1.29 is 19.1 Å². The minimum absolute atomic E-state index is 0.177. The van der Waals surface area contributed by atoms with Crippen molar-refractivity contribution in [3.05, 3.63) is 53.6 Å². The maximum absolute atomic E-state index is 12.6. The first-order chi connectivity index (χ1) is 12.7. The maximum Gasteiger partial charge on any atom is 0.255 e. The summed E-state index contributed by atoms with van der Waals surface area (Å²) in [6.07, 6.45) is 1.52. The summed E-state index contributed by atoms with van der Waals surface area (Å²) in [6, 6.07) is 12.7. The highest BCUT2D eigenvalue weighted by Gasteiger charge is 2.20. The molecule has 0 bridgehead atoms. The summed E-state index contributed by atoms with van der Waals surface area (Å²) in [6.45, 7) is 2.36. The van der Waals surface area contributed by atoms with Gasteiger partial charge in [-0.1, -0.05) is 12.1 Å². The van der Waals surface area contributed by atoms with Crippen LogP contribution in [0.4, 0.5) is 5.69 Å². The van der Waals surface area contributed by atoms with Crippen LogP contribution in [0.25, 0.3) is 0 Å². The van der Waals surface area contributed by atoms with Crippen LogP contribution in [0, 0.1) is 0 Å². The molecule has 2 aliphatic heterocycles. The van der Waals surface area contributed by atoms with Crippen molar-refractivity contribution in [3.8, 4) is 11.5 Å². The van der Waals surface area contributed by atoms with Gasteiger partial charge in [0, 0.05) is 36.8 Å². The zero-order chi connectivity index (χ0) is 17.9. The summed E-state index contributed by atoms with van der Waals surface area (Å²) in [7, 11) is 0. The van der Waals surface area contributed by atoms with E-state index in [1.54, 1.807) is 24.3 Å². The maximum atomic E-state index is 12.6. The van der Waals surface area contributed by atoms with E-state index in [1.807, 2.05) is 23.1 Å². The van der Waals surface area contributed by atoms with Gasteiger partial charge in [0.25, 0.3) is 5.91 Å². The molecule has 2 aromatic rings. The minimum Gasteiger partial charge on any atom is -0.486 e. The number of ether oxygens (including phenoxy) is 2. The second kappa shape index (κ2) is 7.07. The van der Waals surface area contributed by atoms with Crippen LogP contribution >= 0.6 is 0 Å². The van der Waals surface area contributed by atoms with Gasteiger partial charge < -0.3 is 19.7 Å². The molecule has 0 spiro atoms. The van der Waals surface area contributed by atoms with Crippen LogP contribution < -0.4 is 14.8 Å². The van der Waals surface area contributed by atoms with Gasteiger partial charge in [0.05, 0.1) is 0 Å². The lowest BCUT2D eigenvalue weighted by Gasteiger charge is -2.19. The molecule has 1 N–H and O–H groups in total. The number of benzene rings is 2. The first kappa shape index (κ1) is 16.4. The second-order valence-corrected chi connectivity index (χ2v) is 6.43. The van der Waals surface area contributed by atoms with Crippen LogP contribution in [0.5, 0.6) is 11.5 Å². The quantitative estimate of drug-likeness (QED) is 0.919. The van der Waals surface area contributed by atoms with E-state index in [2.05, 4.69) is 5.32 Å². The highest BCUT2D eigenvalue weighted by molar-refractivity contribution is 6.04. The van der Waals surface area contributed by atoms with Gasteiger partial charge in [0.15, 0.2) is 11.5 Å². The van der Waals surface area contributed by atoms with E-state index in [9.17, 15) is 9.59 Å². The molecule has 134 valence electrons. The Labute approximate surface area is 151 Å². The number of carbonyl (C=O) groups is 2. The van der Waals surface area contributed by atoms with Crippen LogP contribution in [-0.2, 0) is 11.3 Å². The molecule has 0 atom stereocenters. The number of hydrogen-bond donors (Lipinski definition) is 1. The number of rotatable bonds is 4. The van der Waals surface area contributed by atoms with Crippen LogP contribution in [0.15, 0.2) is 42.5 Å². The van der Waals surface area contributed by atoms with Crippen molar-refractivity contribution in [3.63, 3.8) is 0 Å². The third-order valence-corrected chi connectivity index (χ3v) is 4.53. The standard InChI is InChI=1S/C20H20N2O4/c23-19-5-2-8-22(19)13-14-3-1-4-15(11-14)20(24)21-16-6-7-17-18(12-16)26-10-9-25-17/h1,3-4,6-7,11-12H,2,5,8-10,13H2,(H,21,24). The molecule has 0 unspecified atom stereocenters. The van der Waals surface area contributed by atoms with E-state index in [1.165, 1.54) is 0 Å². The lowest BCUT2D eigenvalue weighted by Crippen LogP contribution is -2.24. The van der Waals surface area contributed by atoms with Gasteiger partial charge in [-0.2, -0.15) is 0 Å². The average molecular weight is 352 g/mol. The first-order valence-corrected chi connectivity index (χ1v) is 8.77. The fourth-order valence-electron chi connectivity index (χ4n) is 3.23. The van der Waals surface area contributed by atoms with Crippen molar-refractivity contribution in [1.29, 1.82) is 0 Å². The van der Waals surface area contributed by atoms with Crippen molar-refractivity contribution in [2.75, 3.05) is 25.1 Å². The Hall–Kier alpha value is -3.02. The third kappa shape index (κ3) is 3.49. The number of carbonyl (C=O) groups excluding carboxylic acids is 2. The van der Waals surface area contributed by atoms with E-state index in [0.29, 0.717) is 48.9 Å². The summed E-state index contributed by atoms with van der Waals surface area (Å²) in [4.78, 5) is 26.2. The van der Waals surface area contributed by atoms with Gasteiger partial charge in [-0.15, -0.1) is 0 Å². The Morgan fingerprint density at radius 3 is 2.73 bits per heavy atom. The molecule has 6 nitrogen and oxygen atoms in total. The molecule has 1 saturated heterocycles. The zero-order valence-corrected chi connectivity index (χ0v) is 14.4. The largest absolute Gasteiger partial charge is 0.486 e. The molecule has 0 radical (unpaired) electrons. The van der Waals surface area contributed by atoms with Crippen molar-refractivity contribution in [2.24, 2.45) is 0 Å². The van der Waals surface area contributed by atoms with E-state index in [-0.39, 0.29) is 11.8 Å². The topological polar surface area (TPSA) is 67.9 Å². The molecule has 2 heterocycles. The minimum atomic E-state index is -0.198. The normalized spacial score (nSPS) is 15.8. The number of hydrogen-bond acceptors (Lipinski definition) is 4. The molecule has 0 aromatic heterocycles. The molecule has 0 aliphatic carbocycles. The number of nitrogens with zero attached hydrogens (tertiary/aromatic N) is 1. The van der Waals surface area contributed by atoms with Gasteiger partial charge in [-0.3, -0.25) is 9.59 Å². The van der Waals surface area contributed by atoms with Crippen LogP contribution in [0.2, 0.25) is 0 Å². The summed E-state index contributed by atoms with van der Waals surface area (Å²) >= 11 is 0. The molecular weight excluding hydrogens is 332 g/mol. The predicted molar refractivity (Wildman–Crippen MR) is 96.5 cm³/mol. The Morgan fingerprint density at radius 2 is 1.92 bits per heavy atom. The zero-order valence-electron chi connectivity index (χ0n) is 14.4. The van der Waals surface area contributed by atoms with Crippen LogP contribution in [0.3, 0.4) is 0 Å². The lowest BCUT2D eigenvalue weighted by atomic mass is 10.1. The SMILES string of the molecule is O=C(Nc1ccc2c(c1)OCCO2)c1cccc(CN2CCCC2=O)c1. The van der Waals surface area contributed by atoms with Gasteiger partial charge in [-0.25, -0.2) is 0 Å². The first-order valence-electron chi connectivity index (χ1n) is 8.77. The number of amides is 2. The molecule has 2 aliphatic rings. The van der Waals surface area contributed by atoms with Crippen molar-refractivity contribution in [2.45, 2.75) is 19.4 Å². The number of likely N-dealkylation sites (tertiary alicyclic amines) is 1. The Balaban J connectivity index is 1.46. The molecule has 4 rings (SSSR count). The van der Waals surface area contributed by atoms with Gasteiger partial charge in [0.1, 0.15) is 13.2 Å². The van der Waals surface area contributed by atoms with Gasteiger partial charge in [0.2, 0.25) is 5.91 Å². The van der Waals surface area contributed by atoms with E-state index in [4.69, 9.17) is 9.47 Å². The fourth-order valence-corrected chi connectivity index (χ4v) is 3.23. The van der Waals surface area contributed by atoms with Crippen LogP contribution in [-0.4, -0.2) is 36.5 Å². The van der Waals surface area contributed by atoms with E-state index >= 15 is 0 Å². The lowest BCUT2D eigenvalue weighted by molar-refractivity contribution is -0.128. The molecular formula is C20H20N2O4. The summed E-state index contributed by atoms with van der Waals surface area (Å²) < 4.78 is 11.0. The number of anilines is 1. The molecule has 1 fully saturated rings. The van der Waals surface area contributed by atoms with Crippen molar-refractivity contribution in [1.82, 2.24) is 4.90 Å². The Kier molecular flexibility index (Phi) is 4.48. The molecule has 2 aromatic carbocycles. The smallest absolute Gasteiger partial charge is 0.255 e. The second-order valence-electron chi connectivity index (χ2n) is 6.43. The van der Waals surface area contributed by atoms with Gasteiger partial charge >= 0.3 is 0 Å². The highest BCUT2D eigenvalue weighted by Crippen LogP contribution is 2.32. The molecule has 6 heteroatoms. The molecule has 26 heavy (non-hydrogen) atoms. The molecule has 2 amide bonds. The fraction of sp³-hybridized carbons (Fsp3) is 0.300. The van der Waals surface area contributed by atoms with Crippen molar-refractivity contribution >= 4 is 17.5 Å². The Morgan fingerprint density at radius 1 is 1.08 bits per heavy atom. The van der Waals surface area contributed by atoms with E-state index in [0.717, 1.165) is 18.5 Å². The third-order valence-electron chi connectivity index (χ3n) is 4.53. The number of fused-ring (bicyclic) bond motifs is 1. The van der Waals surface area contributed by atoms with Gasteiger partial charge in [-0.05, 0) is 36.2 Å². The average Bonchev–Trinajstić information content (AvgIpc) is 3.06. The summed E-state index contributed by atoms with van der Waals surface area (Å²) in [5, 5.41) is 2.88. The number of nitrogens with one attached hydrogen (secondary N) is 1. The predicted octanol–water partition coefficient (Wildman–Crippen LogP) is 2.83. The Bertz CT molecular complexity index is 849. The molecule has 0 saturated carbocycles. The van der Waals surface area contributed by atoms with Crippen LogP contribution in [0.1, 0.15) is 28.8 Å². The monoisotopic (exact) mass is 352 g/mol.